The second kappa shape index (κ2) is 12.0. The van der Waals surface area contributed by atoms with Crippen molar-refractivity contribution in [3.05, 3.63) is 0 Å². The van der Waals surface area contributed by atoms with Crippen molar-refractivity contribution in [1.82, 2.24) is 0 Å². The molecular weight excluding hydrogens is 264 g/mol. The lowest BCUT2D eigenvalue weighted by Crippen LogP contribution is -2.13. The van der Waals surface area contributed by atoms with Crippen molar-refractivity contribution < 1.29 is 14.2 Å². The molecule has 19 heavy (non-hydrogen) atoms. The van der Waals surface area contributed by atoms with Crippen LogP contribution in [0.4, 0.5) is 0 Å². The van der Waals surface area contributed by atoms with Gasteiger partial charge < -0.3 is 14.2 Å². The summed E-state index contributed by atoms with van der Waals surface area (Å²) in [4.78, 5) is 0. The molecular formula is C15H29ClO3. The van der Waals surface area contributed by atoms with Gasteiger partial charge in [-0.05, 0) is 31.6 Å². The van der Waals surface area contributed by atoms with Crippen molar-refractivity contribution in [3.8, 4) is 0 Å². The van der Waals surface area contributed by atoms with Gasteiger partial charge in [-0.1, -0.05) is 19.8 Å². The summed E-state index contributed by atoms with van der Waals surface area (Å²) in [5.41, 5.74) is 0. The molecule has 0 saturated heterocycles. The number of hydrogen-bond acceptors (Lipinski definition) is 3. The molecule has 3 nitrogen and oxygen atoms in total. The molecule has 0 N–H and O–H groups in total. The van der Waals surface area contributed by atoms with Crippen molar-refractivity contribution in [1.29, 1.82) is 0 Å². The number of halogens is 1. The number of ether oxygens (including phenoxy) is 3. The zero-order valence-electron chi connectivity index (χ0n) is 12.2. The highest BCUT2D eigenvalue weighted by Crippen LogP contribution is 2.32. The van der Waals surface area contributed by atoms with Crippen molar-refractivity contribution in [2.24, 2.45) is 5.92 Å². The van der Waals surface area contributed by atoms with E-state index in [1.807, 2.05) is 0 Å². The van der Waals surface area contributed by atoms with E-state index in [1.54, 1.807) is 0 Å². The van der Waals surface area contributed by atoms with Crippen LogP contribution in [0.15, 0.2) is 0 Å². The van der Waals surface area contributed by atoms with E-state index in [0.717, 1.165) is 26.1 Å². The monoisotopic (exact) mass is 292 g/mol. The van der Waals surface area contributed by atoms with E-state index in [4.69, 9.17) is 25.8 Å². The molecule has 0 amide bonds. The quantitative estimate of drug-likeness (QED) is 0.406. The second-order valence-corrected chi connectivity index (χ2v) is 5.75. The fourth-order valence-electron chi connectivity index (χ4n) is 2.34. The van der Waals surface area contributed by atoms with Gasteiger partial charge in [0.05, 0.1) is 26.4 Å². The average molecular weight is 293 g/mol. The van der Waals surface area contributed by atoms with Gasteiger partial charge in [0.15, 0.2) is 0 Å². The molecule has 2 unspecified atom stereocenters. The average Bonchev–Trinajstić information content (AvgIpc) is 2.82. The summed E-state index contributed by atoms with van der Waals surface area (Å²) in [5.74, 6) is 0.662. The van der Waals surface area contributed by atoms with Gasteiger partial charge in [-0.25, -0.2) is 0 Å². The largest absolute Gasteiger partial charge is 0.379 e. The Morgan fingerprint density at radius 3 is 2.11 bits per heavy atom. The van der Waals surface area contributed by atoms with E-state index in [1.165, 1.54) is 25.7 Å². The summed E-state index contributed by atoms with van der Waals surface area (Å²) in [6.45, 7) is 6.51. The Morgan fingerprint density at radius 2 is 1.53 bits per heavy atom. The van der Waals surface area contributed by atoms with Crippen LogP contribution in [0.3, 0.4) is 0 Å². The first-order valence-corrected chi connectivity index (χ1v) is 8.15. The number of hydrogen-bond donors (Lipinski definition) is 0. The Labute approximate surface area is 122 Å². The molecule has 0 aliphatic heterocycles. The van der Waals surface area contributed by atoms with Crippen LogP contribution in [0.5, 0.6) is 0 Å². The molecule has 2 atom stereocenters. The minimum atomic E-state index is 0.375. The van der Waals surface area contributed by atoms with Crippen LogP contribution in [-0.2, 0) is 14.2 Å². The van der Waals surface area contributed by atoms with Crippen molar-refractivity contribution in [2.75, 3.05) is 39.6 Å². The summed E-state index contributed by atoms with van der Waals surface area (Å²) < 4.78 is 16.4. The molecule has 4 heteroatoms. The maximum atomic E-state index is 6.22. The van der Waals surface area contributed by atoms with Crippen LogP contribution < -0.4 is 0 Å². The second-order valence-electron chi connectivity index (χ2n) is 5.19. The Balaban J connectivity index is 1.74. The highest BCUT2D eigenvalue weighted by molar-refractivity contribution is 6.20. The molecule has 0 aromatic heterocycles. The Bertz CT molecular complexity index is 202. The molecule has 114 valence electrons. The number of rotatable bonds is 12. The third-order valence-corrected chi connectivity index (χ3v) is 4.16. The summed E-state index contributed by atoms with van der Waals surface area (Å²) in [6, 6.07) is 0. The van der Waals surface area contributed by atoms with Gasteiger partial charge in [0, 0.05) is 18.6 Å². The number of unbranched alkanes of at least 4 members (excludes halogenated alkanes) is 1. The summed E-state index contributed by atoms with van der Waals surface area (Å²) >= 11 is 6.22. The lowest BCUT2D eigenvalue weighted by atomic mass is 10.0. The minimum absolute atomic E-state index is 0.375. The third-order valence-electron chi connectivity index (χ3n) is 3.59. The first kappa shape index (κ1) is 17.2. The molecule has 0 aromatic carbocycles. The van der Waals surface area contributed by atoms with E-state index >= 15 is 0 Å². The molecule has 1 aliphatic rings. The predicted octanol–water partition coefficient (Wildman–Crippen LogP) is 3.63. The molecule has 0 heterocycles. The topological polar surface area (TPSA) is 27.7 Å². The first-order chi connectivity index (χ1) is 9.34. The van der Waals surface area contributed by atoms with E-state index < -0.39 is 0 Å². The smallest absolute Gasteiger partial charge is 0.0701 e. The lowest BCUT2D eigenvalue weighted by Gasteiger charge is -2.13. The van der Waals surface area contributed by atoms with Gasteiger partial charge in [0.2, 0.25) is 0 Å². The van der Waals surface area contributed by atoms with E-state index in [9.17, 15) is 0 Å². The zero-order valence-corrected chi connectivity index (χ0v) is 13.0. The SMILES string of the molecule is CCCCOCCOCCOCCC1CCCC1Cl. The minimum Gasteiger partial charge on any atom is -0.379 e. The lowest BCUT2D eigenvalue weighted by molar-refractivity contribution is 0.0120. The Hall–Kier alpha value is 0.170. The molecule has 0 radical (unpaired) electrons. The molecule has 1 saturated carbocycles. The van der Waals surface area contributed by atoms with Gasteiger partial charge in [-0.15, -0.1) is 11.6 Å². The van der Waals surface area contributed by atoms with Crippen LogP contribution in [0, 0.1) is 5.92 Å². The molecule has 1 aliphatic carbocycles. The van der Waals surface area contributed by atoms with Crippen molar-refractivity contribution in [3.63, 3.8) is 0 Å². The number of alkyl halides is 1. The van der Waals surface area contributed by atoms with E-state index in [0.29, 0.717) is 37.7 Å². The predicted molar refractivity (Wildman–Crippen MR) is 79.0 cm³/mol. The molecule has 0 spiro atoms. The maximum absolute atomic E-state index is 6.22. The Morgan fingerprint density at radius 1 is 0.895 bits per heavy atom. The van der Waals surface area contributed by atoms with Crippen LogP contribution in [-0.4, -0.2) is 45.0 Å². The molecule has 1 rings (SSSR count). The van der Waals surface area contributed by atoms with Crippen LogP contribution in [0.2, 0.25) is 0 Å². The van der Waals surface area contributed by atoms with Crippen LogP contribution in [0.25, 0.3) is 0 Å². The zero-order chi connectivity index (χ0) is 13.8. The summed E-state index contributed by atoms with van der Waals surface area (Å²) in [6.07, 6.45) is 7.12. The first-order valence-electron chi connectivity index (χ1n) is 7.72. The van der Waals surface area contributed by atoms with Crippen molar-refractivity contribution >= 4 is 11.6 Å². The fourth-order valence-corrected chi connectivity index (χ4v) is 2.75. The van der Waals surface area contributed by atoms with Gasteiger partial charge in [0.1, 0.15) is 0 Å². The summed E-state index contributed by atoms with van der Waals surface area (Å²) in [7, 11) is 0. The van der Waals surface area contributed by atoms with Crippen LogP contribution in [0.1, 0.15) is 45.4 Å². The van der Waals surface area contributed by atoms with Gasteiger partial charge >= 0.3 is 0 Å². The van der Waals surface area contributed by atoms with E-state index in [2.05, 4.69) is 6.92 Å². The molecule has 0 bridgehead atoms. The standard InChI is InChI=1S/C15H29ClO3/c1-2-3-8-17-10-12-19-13-11-18-9-7-14-5-4-6-15(14)16/h14-15H,2-13H2,1H3. The Kier molecular flexibility index (Phi) is 10.8. The highest BCUT2D eigenvalue weighted by atomic mass is 35.5. The molecule has 0 aromatic rings. The summed E-state index contributed by atoms with van der Waals surface area (Å²) in [5, 5.41) is 0.375. The van der Waals surface area contributed by atoms with Gasteiger partial charge in [-0.3, -0.25) is 0 Å². The highest BCUT2D eigenvalue weighted by Gasteiger charge is 2.24. The third kappa shape index (κ3) is 8.85. The van der Waals surface area contributed by atoms with Gasteiger partial charge in [-0.2, -0.15) is 0 Å². The maximum Gasteiger partial charge on any atom is 0.0701 e. The fraction of sp³-hybridized carbons (Fsp3) is 1.00. The van der Waals surface area contributed by atoms with Crippen molar-refractivity contribution in [2.45, 2.75) is 50.8 Å². The normalized spacial score (nSPS) is 23.1. The van der Waals surface area contributed by atoms with Gasteiger partial charge in [0.25, 0.3) is 0 Å². The van der Waals surface area contributed by atoms with Crippen LogP contribution >= 0.6 is 11.6 Å². The molecule has 1 fully saturated rings. The van der Waals surface area contributed by atoms with E-state index in [-0.39, 0.29) is 0 Å².